The minimum Gasteiger partial charge on any atom is -0.369 e. The molecule has 1 nitrogen and oxygen atoms in total. The molecule has 4 atom stereocenters. The Balaban J connectivity index is 2.14. The molecular formula is C19H29IO. The lowest BCUT2D eigenvalue weighted by molar-refractivity contribution is -0.0728. The molecule has 1 aliphatic rings. The van der Waals surface area contributed by atoms with Crippen molar-refractivity contribution in [1.82, 2.24) is 0 Å². The number of benzene rings is 1. The van der Waals surface area contributed by atoms with Crippen LogP contribution in [0.3, 0.4) is 0 Å². The largest absolute Gasteiger partial charge is 0.369 e. The standard InChI is InChI=1S/C19H29IO/c1-13(2)16-10-9-14(3)11-18(16)21-19(12-20)17-8-6-5-7-15(17)4/h5-8,13-14,16,18-19H,9-12H2,1-4H3. The van der Waals surface area contributed by atoms with Gasteiger partial charge in [-0.2, -0.15) is 0 Å². The zero-order valence-electron chi connectivity index (χ0n) is 13.8. The molecule has 0 heterocycles. The molecule has 0 bridgehead atoms. The van der Waals surface area contributed by atoms with Gasteiger partial charge in [-0.05, 0) is 48.6 Å². The van der Waals surface area contributed by atoms with Crippen molar-refractivity contribution in [3.05, 3.63) is 35.4 Å². The summed E-state index contributed by atoms with van der Waals surface area (Å²) in [4.78, 5) is 0. The maximum atomic E-state index is 6.64. The highest BCUT2D eigenvalue weighted by Gasteiger charge is 2.33. The highest BCUT2D eigenvalue weighted by Crippen LogP contribution is 2.38. The third-order valence-electron chi connectivity index (χ3n) is 4.98. The van der Waals surface area contributed by atoms with E-state index in [-0.39, 0.29) is 6.10 Å². The molecule has 0 aliphatic heterocycles. The Hall–Kier alpha value is -0.0900. The van der Waals surface area contributed by atoms with Gasteiger partial charge in [0.05, 0.1) is 12.2 Å². The van der Waals surface area contributed by atoms with E-state index in [0.717, 1.165) is 16.3 Å². The first kappa shape index (κ1) is 17.3. The Morgan fingerprint density at radius 1 is 1.24 bits per heavy atom. The molecule has 0 aromatic heterocycles. The van der Waals surface area contributed by atoms with Crippen LogP contribution in [0.1, 0.15) is 57.3 Å². The van der Waals surface area contributed by atoms with Crippen LogP contribution < -0.4 is 0 Å². The lowest BCUT2D eigenvalue weighted by atomic mass is 9.75. The van der Waals surface area contributed by atoms with E-state index in [0.29, 0.717) is 12.0 Å². The number of hydrogen-bond acceptors (Lipinski definition) is 1. The summed E-state index contributed by atoms with van der Waals surface area (Å²) in [7, 11) is 0. The van der Waals surface area contributed by atoms with Gasteiger partial charge < -0.3 is 4.74 Å². The van der Waals surface area contributed by atoms with Gasteiger partial charge in [-0.25, -0.2) is 0 Å². The highest BCUT2D eigenvalue weighted by molar-refractivity contribution is 14.1. The number of alkyl halides is 1. The Morgan fingerprint density at radius 2 is 1.95 bits per heavy atom. The summed E-state index contributed by atoms with van der Waals surface area (Å²) >= 11 is 2.47. The fourth-order valence-electron chi connectivity index (χ4n) is 3.62. The first-order valence-corrected chi connectivity index (χ1v) is 9.82. The third kappa shape index (κ3) is 4.44. The SMILES string of the molecule is Cc1ccccc1C(CI)OC1CC(C)CCC1C(C)C. The van der Waals surface area contributed by atoms with Crippen LogP contribution in [0.2, 0.25) is 0 Å². The molecule has 2 heteroatoms. The van der Waals surface area contributed by atoms with Crippen molar-refractivity contribution in [2.45, 2.75) is 59.2 Å². The van der Waals surface area contributed by atoms with Crippen LogP contribution in [-0.2, 0) is 4.74 Å². The van der Waals surface area contributed by atoms with E-state index >= 15 is 0 Å². The molecule has 1 aromatic carbocycles. The van der Waals surface area contributed by atoms with E-state index in [9.17, 15) is 0 Å². The van der Waals surface area contributed by atoms with Crippen LogP contribution in [0.25, 0.3) is 0 Å². The van der Waals surface area contributed by atoms with Gasteiger partial charge in [0.25, 0.3) is 0 Å². The fraction of sp³-hybridized carbons (Fsp3) is 0.684. The highest BCUT2D eigenvalue weighted by atomic mass is 127. The fourth-order valence-corrected chi connectivity index (χ4v) is 4.31. The molecule has 2 rings (SSSR count). The van der Waals surface area contributed by atoms with E-state index in [4.69, 9.17) is 4.74 Å². The van der Waals surface area contributed by atoms with E-state index in [1.165, 1.54) is 30.4 Å². The number of rotatable bonds is 5. The first-order valence-electron chi connectivity index (χ1n) is 8.29. The average Bonchev–Trinajstić information content (AvgIpc) is 2.45. The second-order valence-corrected chi connectivity index (χ2v) is 7.88. The minimum absolute atomic E-state index is 0.239. The van der Waals surface area contributed by atoms with Crippen LogP contribution in [-0.4, -0.2) is 10.5 Å². The first-order chi connectivity index (χ1) is 10.0. The van der Waals surface area contributed by atoms with Gasteiger partial charge in [-0.15, -0.1) is 0 Å². The van der Waals surface area contributed by atoms with Crippen LogP contribution in [0.4, 0.5) is 0 Å². The number of ether oxygens (including phenoxy) is 1. The molecular weight excluding hydrogens is 371 g/mol. The summed E-state index contributed by atoms with van der Waals surface area (Å²) < 4.78 is 7.67. The summed E-state index contributed by atoms with van der Waals surface area (Å²) in [5, 5.41) is 0. The molecule has 0 radical (unpaired) electrons. The molecule has 118 valence electrons. The maximum absolute atomic E-state index is 6.64. The van der Waals surface area contributed by atoms with Gasteiger partial charge >= 0.3 is 0 Å². The molecule has 0 spiro atoms. The van der Waals surface area contributed by atoms with Gasteiger partial charge in [0.2, 0.25) is 0 Å². The Labute approximate surface area is 144 Å². The molecule has 0 saturated heterocycles. The summed E-state index contributed by atoms with van der Waals surface area (Å²) in [6, 6.07) is 8.67. The summed E-state index contributed by atoms with van der Waals surface area (Å²) in [5.74, 6) is 2.24. The third-order valence-corrected chi connectivity index (χ3v) is 5.78. The van der Waals surface area contributed by atoms with Crippen molar-refractivity contribution < 1.29 is 4.74 Å². The van der Waals surface area contributed by atoms with Crippen LogP contribution in [0.5, 0.6) is 0 Å². The van der Waals surface area contributed by atoms with E-state index < -0.39 is 0 Å². The van der Waals surface area contributed by atoms with Crippen molar-refractivity contribution in [2.24, 2.45) is 17.8 Å². The lowest BCUT2D eigenvalue weighted by Crippen LogP contribution is -2.35. The van der Waals surface area contributed by atoms with Crippen molar-refractivity contribution in [2.75, 3.05) is 4.43 Å². The monoisotopic (exact) mass is 400 g/mol. The normalized spacial score (nSPS) is 27.8. The van der Waals surface area contributed by atoms with Gasteiger partial charge in [0.1, 0.15) is 0 Å². The van der Waals surface area contributed by atoms with E-state index in [1.54, 1.807) is 0 Å². The van der Waals surface area contributed by atoms with E-state index in [1.807, 2.05) is 0 Å². The number of hydrogen-bond donors (Lipinski definition) is 0. The summed E-state index contributed by atoms with van der Waals surface area (Å²) in [5.41, 5.74) is 2.72. The van der Waals surface area contributed by atoms with Crippen molar-refractivity contribution in [3.8, 4) is 0 Å². The molecule has 4 unspecified atom stereocenters. The number of halogens is 1. The van der Waals surface area contributed by atoms with Gasteiger partial charge in [0, 0.05) is 4.43 Å². The second kappa shape index (κ2) is 7.96. The van der Waals surface area contributed by atoms with Gasteiger partial charge in [-0.1, -0.05) is 74.0 Å². The van der Waals surface area contributed by atoms with Crippen LogP contribution >= 0.6 is 22.6 Å². The molecule has 1 aromatic rings. The lowest BCUT2D eigenvalue weighted by Gasteiger charge is -2.39. The predicted octanol–water partition coefficient (Wildman–Crippen LogP) is 5.95. The molecule has 1 fully saturated rings. The van der Waals surface area contributed by atoms with Crippen molar-refractivity contribution >= 4 is 22.6 Å². The predicted molar refractivity (Wildman–Crippen MR) is 99.0 cm³/mol. The van der Waals surface area contributed by atoms with Gasteiger partial charge in [0.15, 0.2) is 0 Å². The minimum atomic E-state index is 0.239. The van der Waals surface area contributed by atoms with Gasteiger partial charge in [-0.3, -0.25) is 0 Å². The van der Waals surface area contributed by atoms with Crippen molar-refractivity contribution in [3.63, 3.8) is 0 Å². The zero-order chi connectivity index (χ0) is 15.4. The Bertz CT molecular complexity index is 443. The Morgan fingerprint density at radius 3 is 2.57 bits per heavy atom. The zero-order valence-corrected chi connectivity index (χ0v) is 16.0. The van der Waals surface area contributed by atoms with E-state index in [2.05, 4.69) is 74.6 Å². The van der Waals surface area contributed by atoms with Crippen LogP contribution in [0.15, 0.2) is 24.3 Å². The number of aryl methyl sites for hydroxylation is 1. The topological polar surface area (TPSA) is 9.23 Å². The van der Waals surface area contributed by atoms with Crippen LogP contribution in [0, 0.1) is 24.7 Å². The quantitative estimate of drug-likeness (QED) is 0.439. The summed E-state index contributed by atoms with van der Waals surface area (Å²) in [6.07, 6.45) is 4.58. The molecule has 0 N–H and O–H groups in total. The average molecular weight is 400 g/mol. The maximum Gasteiger partial charge on any atom is 0.0920 e. The summed E-state index contributed by atoms with van der Waals surface area (Å²) in [6.45, 7) is 9.27. The molecule has 1 saturated carbocycles. The Kier molecular flexibility index (Phi) is 6.54. The molecule has 1 aliphatic carbocycles. The van der Waals surface area contributed by atoms with Crippen molar-refractivity contribution in [1.29, 1.82) is 0 Å². The smallest absolute Gasteiger partial charge is 0.0920 e. The molecule has 21 heavy (non-hydrogen) atoms. The second-order valence-electron chi connectivity index (χ2n) is 7.00. The molecule has 0 amide bonds.